The fraction of sp³-hybridized carbons (Fsp3) is 0.462. The van der Waals surface area contributed by atoms with E-state index in [9.17, 15) is 0 Å². The average Bonchev–Trinajstić information content (AvgIpc) is 3.16. The predicted octanol–water partition coefficient (Wildman–Crippen LogP) is 1.48. The molecule has 0 aliphatic heterocycles. The van der Waals surface area contributed by atoms with Crippen molar-refractivity contribution in [3.8, 4) is 5.82 Å². The van der Waals surface area contributed by atoms with Gasteiger partial charge < -0.3 is 5.32 Å². The Balaban J connectivity index is 1.85. The topological polar surface area (TPSA) is 55.6 Å². The van der Waals surface area contributed by atoms with E-state index in [4.69, 9.17) is 0 Å². The van der Waals surface area contributed by atoms with E-state index < -0.39 is 0 Å². The molecule has 0 bridgehead atoms. The minimum absolute atomic E-state index is 0.717. The summed E-state index contributed by atoms with van der Waals surface area (Å²) in [5.74, 6) is 0.784. The van der Waals surface area contributed by atoms with Gasteiger partial charge in [0.1, 0.15) is 0 Å². The molecule has 1 saturated carbocycles. The highest BCUT2D eigenvalue weighted by atomic mass is 15.3. The number of aromatic nitrogens is 4. The molecule has 0 unspecified atom stereocenters. The highest BCUT2D eigenvalue weighted by molar-refractivity contribution is 5.28. The van der Waals surface area contributed by atoms with E-state index >= 15 is 0 Å². The first-order valence-corrected chi connectivity index (χ1v) is 6.45. The van der Waals surface area contributed by atoms with Crippen LogP contribution in [0.25, 0.3) is 5.82 Å². The normalized spacial score (nSPS) is 14.9. The lowest BCUT2D eigenvalue weighted by atomic mass is 10.2. The molecule has 1 N–H and O–H groups in total. The fourth-order valence-corrected chi connectivity index (χ4v) is 2.08. The van der Waals surface area contributed by atoms with Crippen molar-refractivity contribution >= 4 is 0 Å². The Morgan fingerprint density at radius 2 is 2.33 bits per heavy atom. The Kier molecular flexibility index (Phi) is 3.06. The van der Waals surface area contributed by atoms with Crippen LogP contribution < -0.4 is 5.32 Å². The molecule has 0 spiro atoms. The summed E-state index contributed by atoms with van der Waals surface area (Å²) in [7, 11) is 0. The quantitative estimate of drug-likeness (QED) is 0.864. The van der Waals surface area contributed by atoms with Crippen LogP contribution in [0, 0.1) is 0 Å². The van der Waals surface area contributed by atoms with Crippen LogP contribution >= 0.6 is 0 Å². The van der Waals surface area contributed by atoms with Gasteiger partial charge in [-0.2, -0.15) is 10.2 Å². The molecule has 2 heterocycles. The third-order valence-electron chi connectivity index (χ3n) is 3.22. The van der Waals surface area contributed by atoms with E-state index in [2.05, 4.69) is 27.5 Å². The Morgan fingerprint density at radius 3 is 3.00 bits per heavy atom. The van der Waals surface area contributed by atoms with Gasteiger partial charge >= 0.3 is 0 Å². The van der Waals surface area contributed by atoms with Crippen LogP contribution in [0.1, 0.15) is 31.0 Å². The zero-order valence-electron chi connectivity index (χ0n) is 10.5. The number of nitrogens with one attached hydrogen (secondary N) is 1. The molecule has 0 radical (unpaired) electrons. The van der Waals surface area contributed by atoms with Crippen molar-refractivity contribution in [2.75, 3.05) is 0 Å². The molecule has 5 nitrogen and oxygen atoms in total. The van der Waals surface area contributed by atoms with Gasteiger partial charge in [0.15, 0.2) is 5.82 Å². The summed E-state index contributed by atoms with van der Waals surface area (Å²) >= 11 is 0. The summed E-state index contributed by atoms with van der Waals surface area (Å²) in [5.41, 5.74) is 2.47. The minimum Gasteiger partial charge on any atom is -0.310 e. The lowest BCUT2D eigenvalue weighted by molar-refractivity contribution is 0.679. The molecule has 5 heteroatoms. The van der Waals surface area contributed by atoms with Crippen LogP contribution in [0.2, 0.25) is 0 Å². The van der Waals surface area contributed by atoms with Crippen molar-refractivity contribution in [2.45, 2.75) is 38.8 Å². The van der Waals surface area contributed by atoms with Crippen molar-refractivity contribution in [3.63, 3.8) is 0 Å². The van der Waals surface area contributed by atoms with Crippen LogP contribution in [0.3, 0.4) is 0 Å². The first-order valence-electron chi connectivity index (χ1n) is 6.45. The summed E-state index contributed by atoms with van der Waals surface area (Å²) < 4.78 is 1.89. The van der Waals surface area contributed by atoms with Gasteiger partial charge in [-0.15, -0.1) is 5.10 Å². The third-order valence-corrected chi connectivity index (χ3v) is 3.22. The van der Waals surface area contributed by atoms with Gasteiger partial charge in [0.25, 0.3) is 0 Å². The molecule has 0 atom stereocenters. The number of hydrogen-bond donors (Lipinski definition) is 1. The molecular weight excluding hydrogens is 226 g/mol. The van der Waals surface area contributed by atoms with E-state index in [1.54, 1.807) is 6.20 Å². The summed E-state index contributed by atoms with van der Waals surface area (Å²) in [6.45, 7) is 3.04. The lowest BCUT2D eigenvalue weighted by Crippen LogP contribution is -2.16. The van der Waals surface area contributed by atoms with Crippen molar-refractivity contribution in [2.24, 2.45) is 0 Å². The second-order valence-electron chi connectivity index (χ2n) is 4.62. The number of hydrogen-bond acceptors (Lipinski definition) is 4. The standard InChI is InChI=1S/C13H17N5/c1-2-12-10(8-14-11-5-6-11)9-16-18(12)13-4-3-7-15-17-13/h3-4,7,9,11,14H,2,5-6,8H2,1H3. The number of nitrogens with zero attached hydrogens (tertiary/aromatic N) is 4. The monoisotopic (exact) mass is 243 g/mol. The third kappa shape index (κ3) is 2.26. The molecule has 2 aromatic heterocycles. The van der Waals surface area contributed by atoms with Gasteiger partial charge in [0.2, 0.25) is 0 Å². The zero-order chi connectivity index (χ0) is 12.4. The smallest absolute Gasteiger partial charge is 0.175 e. The van der Waals surface area contributed by atoms with Crippen LogP contribution in [0.15, 0.2) is 24.5 Å². The lowest BCUT2D eigenvalue weighted by Gasteiger charge is -2.06. The first-order chi connectivity index (χ1) is 8.88. The van der Waals surface area contributed by atoms with Crippen LogP contribution in [0.4, 0.5) is 0 Å². The van der Waals surface area contributed by atoms with Gasteiger partial charge in [-0.1, -0.05) is 6.92 Å². The molecule has 94 valence electrons. The Hall–Kier alpha value is -1.75. The van der Waals surface area contributed by atoms with Crippen molar-refractivity contribution in [3.05, 3.63) is 35.8 Å². The van der Waals surface area contributed by atoms with E-state index in [1.807, 2.05) is 23.0 Å². The largest absolute Gasteiger partial charge is 0.310 e. The molecule has 2 aromatic rings. The highest BCUT2D eigenvalue weighted by Gasteiger charge is 2.21. The fourth-order valence-electron chi connectivity index (χ4n) is 2.08. The van der Waals surface area contributed by atoms with Gasteiger partial charge in [-0.3, -0.25) is 0 Å². The van der Waals surface area contributed by atoms with Gasteiger partial charge in [-0.25, -0.2) is 4.68 Å². The van der Waals surface area contributed by atoms with E-state index in [-0.39, 0.29) is 0 Å². The van der Waals surface area contributed by atoms with Gasteiger partial charge in [0, 0.05) is 24.3 Å². The van der Waals surface area contributed by atoms with Crippen molar-refractivity contribution < 1.29 is 0 Å². The number of rotatable bonds is 5. The molecule has 0 amide bonds. The zero-order valence-corrected chi connectivity index (χ0v) is 10.5. The molecule has 3 rings (SSSR count). The Morgan fingerprint density at radius 1 is 1.44 bits per heavy atom. The maximum absolute atomic E-state index is 4.43. The van der Waals surface area contributed by atoms with Gasteiger partial charge in [-0.05, 0) is 31.4 Å². The molecule has 1 aliphatic rings. The van der Waals surface area contributed by atoms with E-state index in [0.717, 1.165) is 24.8 Å². The molecule has 0 saturated heterocycles. The molecule has 0 aromatic carbocycles. The maximum atomic E-state index is 4.43. The summed E-state index contributed by atoms with van der Waals surface area (Å²) in [5, 5.41) is 16.0. The first kappa shape index (κ1) is 11.3. The molecule has 18 heavy (non-hydrogen) atoms. The van der Waals surface area contributed by atoms with Crippen LogP contribution in [-0.4, -0.2) is 26.0 Å². The maximum Gasteiger partial charge on any atom is 0.175 e. The van der Waals surface area contributed by atoms with Crippen molar-refractivity contribution in [1.29, 1.82) is 0 Å². The predicted molar refractivity (Wildman–Crippen MR) is 68.4 cm³/mol. The second-order valence-corrected chi connectivity index (χ2v) is 4.62. The molecule has 1 fully saturated rings. The SMILES string of the molecule is CCc1c(CNC2CC2)cnn1-c1cccnn1. The van der Waals surface area contributed by atoms with E-state index in [0.29, 0.717) is 0 Å². The molecule has 1 aliphatic carbocycles. The van der Waals surface area contributed by atoms with Crippen LogP contribution in [-0.2, 0) is 13.0 Å². The second kappa shape index (κ2) is 4.86. The minimum atomic E-state index is 0.717. The summed E-state index contributed by atoms with van der Waals surface area (Å²) in [6, 6.07) is 4.53. The molecular formula is C13H17N5. The summed E-state index contributed by atoms with van der Waals surface area (Å²) in [6.07, 6.45) is 7.16. The Labute approximate surface area is 106 Å². The van der Waals surface area contributed by atoms with Crippen molar-refractivity contribution in [1.82, 2.24) is 25.3 Å². The summed E-state index contributed by atoms with van der Waals surface area (Å²) in [4.78, 5) is 0. The Bertz CT molecular complexity index is 515. The highest BCUT2D eigenvalue weighted by Crippen LogP contribution is 2.20. The van der Waals surface area contributed by atoms with Gasteiger partial charge in [0.05, 0.1) is 11.9 Å². The average molecular weight is 243 g/mol. The van der Waals surface area contributed by atoms with E-state index in [1.165, 1.54) is 24.1 Å². The van der Waals surface area contributed by atoms with Crippen LogP contribution in [0.5, 0.6) is 0 Å².